The molecule has 0 aliphatic rings. The van der Waals surface area contributed by atoms with Crippen LogP contribution in [0.25, 0.3) is 0 Å². The molecule has 0 aliphatic carbocycles. The maximum Gasteiger partial charge on any atom is 0.121 e. The molecule has 1 rings (SSSR count). The van der Waals surface area contributed by atoms with Crippen LogP contribution in [0.1, 0.15) is 6.42 Å². The average molecular weight is 213 g/mol. The first kappa shape index (κ1) is 11.0. The van der Waals surface area contributed by atoms with Crippen molar-refractivity contribution in [3.8, 4) is 5.75 Å². The molecule has 0 amide bonds. The Morgan fingerprint density at radius 1 is 1.50 bits per heavy atom. The van der Waals surface area contributed by atoms with Gasteiger partial charge < -0.3 is 10.5 Å². The first-order valence-electron chi connectivity index (χ1n) is 4.47. The number of benzene rings is 1. The van der Waals surface area contributed by atoms with E-state index in [2.05, 4.69) is 0 Å². The Hall–Kier alpha value is -1.03. The molecule has 1 unspecified atom stereocenters. The Morgan fingerprint density at radius 3 is 2.93 bits per heavy atom. The normalized spacial score (nSPS) is 12.4. The fourth-order valence-electron chi connectivity index (χ4n) is 1.06. The Morgan fingerprint density at radius 2 is 2.29 bits per heavy atom. The number of ether oxygens (including phenoxy) is 1. The van der Waals surface area contributed by atoms with E-state index >= 15 is 0 Å². The van der Waals surface area contributed by atoms with Crippen molar-refractivity contribution in [2.24, 2.45) is 0 Å². The maximum atomic E-state index is 10.7. The molecule has 0 aliphatic heterocycles. The van der Waals surface area contributed by atoms with Gasteiger partial charge in [0, 0.05) is 34.6 Å². The molecule has 0 fully saturated rings. The van der Waals surface area contributed by atoms with Crippen LogP contribution in [0.4, 0.5) is 5.69 Å². The molecule has 0 aromatic heterocycles. The lowest BCUT2D eigenvalue weighted by Gasteiger charge is -2.05. The van der Waals surface area contributed by atoms with Gasteiger partial charge in [0.1, 0.15) is 5.75 Å². The van der Waals surface area contributed by atoms with E-state index < -0.39 is 10.8 Å². The summed E-state index contributed by atoms with van der Waals surface area (Å²) in [5.41, 5.74) is 6.28. The highest BCUT2D eigenvalue weighted by molar-refractivity contribution is 7.84. The highest BCUT2D eigenvalue weighted by atomic mass is 32.2. The molecule has 2 N–H and O–H groups in total. The van der Waals surface area contributed by atoms with E-state index in [-0.39, 0.29) is 0 Å². The van der Waals surface area contributed by atoms with Crippen molar-refractivity contribution in [2.45, 2.75) is 6.42 Å². The summed E-state index contributed by atoms with van der Waals surface area (Å²) < 4.78 is 16.2. The van der Waals surface area contributed by atoms with Gasteiger partial charge in [0.25, 0.3) is 0 Å². The first-order chi connectivity index (χ1) is 6.68. The molecule has 0 heterocycles. The van der Waals surface area contributed by atoms with Gasteiger partial charge in [0.15, 0.2) is 0 Å². The van der Waals surface area contributed by atoms with Crippen LogP contribution < -0.4 is 10.5 Å². The van der Waals surface area contributed by atoms with Gasteiger partial charge in [-0.3, -0.25) is 4.21 Å². The van der Waals surface area contributed by atoms with E-state index in [1.54, 1.807) is 12.3 Å². The van der Waals surface area contributed by atoms with Crippen molar-refractivity contribution in [1.82, 2.24) is 0 Å². The van der Waals surface area contributed by atoms with E-state index in [1.807, 2.05) is 18.2 Å². The van der Waals surface area contributed by atoms with Gasteiger partial charge in [0.2, 0.25) is 0 Å². The average Bonchev–Trinajstić information content (AvgIpc) is 2.12. The summed E-state index contributed by atoms with van der Waals surface area (Å²) in [6, 6.07) is 7.30. The summed E-state index contributed by atoms with van der Waals surface area (Å²) in [6.45, 7) is 0.586. The Kier molecular flexibility index (Phi) is 4.46. The second-order valence-electron chi connectivity index (χ2n) is 3.05. The van der Waals surface area contributed by atoms with Crippen LogP contribution in [0.2, 0.25) is 0 Å². The van der Waals surface area contributed by atoms with Crippen LogP contribution in [-0.2, 0) is 10.8 Å². The van der Waals surface area contributed by atoms with Gasteiger partial charge in [-0.05, 0) is 18.6 Å². The third-order valence-electron chi connectivity index (χ3n) is 1.70. The molecule has 1 atom stereocenters. The van der Waals surface area contributed by atoms with E-state index in [1.165, 1.54) is 0 Å². The third-order valence-corrected chi connectivity index (χ3v) is 2.57. The smallest absolute Gasteiger partial charge is 0.121 e. The molecule has 3 nitrogen and oxygen atoms in total. The standard InChI is InChI=1S/C10H15NO2S/c1-14(12)7-3-6-13-10-5-2-4-9(11)8-10/h2,4-5,8H,3,6-7,11H2,1H3. The minimum Gasteiger partial charge on any atom is -0.493 e. The number of nitrogen functional groups attached to an aromatic ring is 1. The van der Waals surface area contributed by atoms with E-state index in [9.17, 15) is 4.21 Å². The summed E-state index contributed by atoms with van der Waals surface area (Å²) in [5, 5.41) is 0. The molecule has 0 spiro atoms. The number of hydrogen-bond acceptors (Lipinski definition) is 3. The quantitative estimate of drug-likeness (QED) is 0.594. The summed E-state index contributed by atoms with van der Waals surface area (Å²) >= 11 is 0. The number of rotatable bonds is 5. The lowest BCUT2D eigenvalue weighted by molar-refractivity contribution is 0.318. The van der Waals surface area contributed by atoms with Crippen LogP contribution >= 0.6 is 0 Å². The van der Waals surface area contributed by atoms with Crippen molar-refractivity contribution in [2.75, 3.05) is 24.3 Å². The van der Waals surface area contributed by atoms with E-state index in [0.717, 1.165) is 12.2 Å². The van der Waals surface area contributed by atoms with Crippen molar-refractivity contribution >= 4 is 16.5 Å². The van der Waals surface area contributed by atoms with Gasteiger partial charge in [-0.15, -0.1) is 0 Å². The highest BCUT2D eigenvalue weighted by Crippen LogP contribution is 2.14. The number of hydrogen-bond donors (Lipinski definition) is 1. The molecule has 78 valence electrons. The van der Waals surface area contributed by atoms with Crippen LogP contribution in [0, 0.1) is 0 Å². The van der Waals surface area contributed by atoms with Gasteiger partial charge in [-0.1, -0.05) is 6.07 Å². The molecular weight excluding hydrogens is 198 g/mol. The molecule has 0 saturated heterocycles. The Balaban J connectivity index is 2.28. The number of anilines is 1. The highest BCUT2D eigenvalue weighted by Gasteiger charge is 1.95. The molecule has 14 heavy (non-hydrogen) atoms. The minimum atomic E-state index is -0.733. The van der Waals surface area contributed by atoms with E-state index in [4.69, 9.17) is 10.5 Å². The largest absolute Gasteiger partial charge is 0.493 e. The Labute approximate surface area is 86.7 Å². The SMILES string of the molecule is CS(=O)CCCOc1cccc(N)c1. The monoisotopic (exact) mass is 213 g/mol. The molecule has 0 bridgehead atoms. The van der Waals surface area contributed by atoms with Crippen molar-refractivity contribution < 1.29 is 8.95 Å². The summed E-state index contributed by atoms with van der Waals surface area (Å²) in [7, 11) is -0.733. The molecule has 1 aromatic rings. The van der Waals surface area contributed by atoms with Crippen molar-refractivity contribution in [3.63, 3.8) is 0 Å². The second-order valence-corrected chi connectivity index (χ2v) is 4.61. The van der Waals surface area contributed by atoms with Gasteiger partial charge in [0.05, 0.1) is 6.61 Å². The predicted molar refractivity (Wildman–Crippen MR) is 59.9 cm³/mol. The molecular formula is C10H15NO2S. The third kappa shape index (κ3) is 4.28. The van der Waals surface area contributed by atoms with Gasteiger partial charge >= 0.3 is 0 Å². The van der Waals surface area contributed by atoms with Crippen molar-refractivity contribution in [1.29, 1.82) is 0 Å². The van der Waals surface area contributed by atoms with Crippen LogP contribution in [-0.4, -0.2) is 22.8 Å². The molecule has 4 heteroatoms. The minimum absolute atomic E-state index is 0.586. The fraction of sp³-hybridized carbons (Fsp3) is 0.400. The van der Waals surface area contributed by atoms with Crippen LogP contribution in [0.5, 0.6) is 5.75 Å². The second kappa shape index (κ2) is 5.65. The number of nitrogens with two attached hydrogens (primary N) is 1. The lowest BCUT2D eigenvalue weighted by atomic mass is 10.3. The zero-order valence-electron chi connectivity index (χ0n) is 8.23. The molecule has 0 radical (unpaired) electrons. The summed E-state index contributed by atoms with van der Waals surface area (Å²) in [4.78, 5) is 0. The zero-order valence-corrected chi connectivity index (χ0v) is 9.05. The van der Waals surface area contributed by atoms with Crippen molar-refractivity contribution in [3.05, 3.63) is 24.3 Å². The zero-order chi connectivity index (χ0) is 10.4. The summed E-state index contributed by atoms with van der Waals surface area (Å²) in [5.74, 6) is 1.45. The topological polar surface area (TPSA) is 52.3 Å². The molecule has 0 saturated carbocycles. The Bertz CT molecular complexity index is 315. The predicted octanol–water partition coefficient (Wildman–Crippen LogP) is 1.42. The van der Waals surface area contributed by atoms with Gasteiger partial charge in [-0.2, -0.15) is 0 Å². The first-order valence-corrected chi connectivity index (χ1v) is 6.19. The van der Waals surface area contributed by atoms with Crippen LogP contribution in [0.3, 0.4) is 0 Å². The lowest BCUT2D eigenvalue weighted by Crippen LogP contribution is -2.03. The summed E-state index contributed by atoms with van der Waals surface area (Å²) in [6.07, 6.45) is 2.50. The van der Waals surface area contributed by atoms with E-state index in [0.29, 0.717) is 18.0 Å². The molecule has 1 aromatic carbocycles. The van der Waals surface area contributed by atoms with Gasteiger partial charge in [-0.25, -0.2) is 0 Å². The maximum absolute atomic E-state index is 10.7. The van der Waals surface area contributed by atoms with Crippen LogP contribution in [0.15, 0.2) is 24.3 Å². The fourth-order valence-corrected chi connectivity index (χ4v) is 1.58.